The minimum atomic E-state index is -0.516. The minimum Gasteiger partial charge on any atom is -0.393 e. The molecule has 1 heterocycles. The zero-order valence-corrected chi connectivity index (χ0v) is 12.4. The fourth-order valence-corrected chi connectivity index (χ4v) is 3.01. The monoisotopic (exact) mass is 282 g/mol. The van der Waals surface area contributed by atoms with Crippen molar-refractivity contribution in [2.75, 3.05) is 13.2 Å². The van der Waals surface area contributed by atoms with Gasteiger partial charge in [0.2, 0.25) is 0 Å². The molecule has 4 nitrogen and oxygen atoms in total. The van der Waals surface area contributed by atoms with Crippen LogP contribution >= 0.6 is 11.3 Å². The minimum absolute atomic E-state index is 0.239. The average Bonchev–Trinajstić information content (AvgIpc) is 2.85. The van der Waals surface area contributed by atoms with Crippen molar-refractivity contribution in [1.82, 2.24) is 5.32 Å². The summed E-state index contributed by atoms with van der Waals surface area (Å²) in [5.41, 5.74) is 2.25. The number of hydrogen-bond donors (Lipinski definition) is 2. The van der Waals surface area contributed by atoms with E-state index in [1.807, 2.05) is 13.8 Å². The smallest absolute Gasteiger partial charge is 0.144 e. The van der Waals surface area contributed by atoms with Crippen molar-refractivity contribution >= 4 is 17.0 Å². The summed E-state index contributed by atoms with van der Waals surface area (Å²) in [5.74, 6) is 0. The molecular formula is C14H22N2O2S. The molecular weight excluding hydrogens is 260 g/mol. The van der Waals surface area contributed by atoms with E-state index in [1.54, 1.807) is 11.3 Å². The molecule has 1 aliphatic carbocycles. The number of nitrogens with zero attached hydrogens (tertiary/aromatic N) is 1. The topological polar surface area (TPSA) is 53.8 Å². The van der Waals surface area contributed by atoms with E-state index in [1.165, 1.54) is 10.4 Å². The van der Waals surface area contributed by atoms with Gasteiger partial charge in [-0.15, -0.1) is 11.3 Å². The normalized spacial score (nSPS) is 18.6. The number of fused-ring (bicyclic) bond motifs is 1. The number of hydrogen-bond acceptors (Lipinski definition) is 5. The Balaban J connectivity index is 1.81. The summed E-state index contributed by atoms with van der Waals surface area (Å²) in [6, 6.07) is 2.48. The molecule has 0 spiro atoms. The highest BCUT2D eigenvalue weighted by Gasteiger charge is 2.17. The van der Waals surface area contributed by atoms with Gasteiger partial charge >= 0.3 is 0 Å². The predicted octanol–water partition coefficient (Wildman–Crippen LogP) is 2.16. The molecule has 0 amide bonds. The predicted molar refractivity (Wildman–Crippen MR) is 78.9 cm³/mol. The molecule has 19 heavy (non-hydrogen) atoms. The van der Waals surface area contributed by atoms with Gasteiger partial charge in [-0.1, -0.05) is 19.0 Å². The Bertz CT molecular complexity index is 429. The highest BCUT2D eigenvalue weighted by Crippen LogP contribution is 2.26. The Kier molecular flexibility index (Phi) is 5.36. The van der Waals surface area contributed by atoms with Crippen molar-refractivity contribution < 1.29 is 9.94 Å². The van der Waals surface area contributed by atoms with E-state index in [-0.39, 0.29) is 6.61 Å². The van der Waals surface area contributed by atoms with E-state index >= 15 is 0 Å². The number of thiophene rings is 1. The summed E-state index contributed by atoms with van der Waals surface area (Å²) in [7, 11) is 0. The molecule has 0 bridgehead atoms. The SMILES string of the molecule is CC(C)NCC(O)CON=C1CCCc2sccc21. The van der Waals surface area contributed by atoms with E-state index < -0.39 is 6.10 Å². The second-order valence-corrected chi connectivity index (χ2v) is 6.16. The van der Waals surface area contributed by atoms with Crippen LogP contribution in [0.5, 0.6) is 0 Å². The maximum absolute atomic E-state index is 9.73. The van der Waals surface area contributed by atoms with Crippen molar-refractivity contribution in [3.63, 3.8) is 0 Å². The molecule has 0 aliphatic heterocycles. The van der Waals surface area contributed by atoms with Gasteiger partial charge in [0.05, 0.1) is 5.71 Å². The van der Waals surface area contributed by atoms with Crippen LogP contribution in [0.4, 0.5) is 0 Å². The third kappa shape index (κ3) is 4.30. The number of nitrogens with one attached hydrogen (secondary N) is 1. The summed E-state index contributed by atoms with van der Waals surface area (Å²) in [4.78, 5) is 6.69. The summed E-state index contributed by atoms with van der Waals surface area (Å²) in [5, 5.41) is 19.2. The van der Waals surface area contributed by atoms with E-state index in [0.717, 1.165) is 25.0 Å². The van der Waals surface area contributed by atoms with Crippen LogP contribution in [-0.4, -0.2) is 36.1 Å². The van der Waals surface area contributed by atoms with Gasteiger partial charge < -0.3 is 15.3 Å². The van der Waals surface area contributed by atoms with E-state index in [0.29, 0.717) is 12.6 Å². The van der Waals surface area contributed by atoms with Crippen molar-refractivity contribution in [1.29, 1.82) is 0 Å². The molecule has 2 rings (SSSR count). The van der Waals surface area contributed by atoms with Crippen molar-refractivity contribution in [2.24, 2.45) is 5.16 Å². The lowest BCUT2D eigenvalue weighted by Crippen LogP contribution is -2.34. The molecule has 0 saturated heterocycles. The number of rotatable bonds is 6. The lowest BCUT2D eigenvalue weighted by Gasteiger charge is -2.15. The first-order valence-electron chi connectivity index (χ1n) is 6.84. The Morgan fingerprint density at radius 3 is 3.11 bits per heavy atom. The zero-order chi connectivity index (χ0) is 13.7. The van der Waals surface area contributed by atoms with E-state index in [4.69, 9.17) is 4.84 Å². The summed E-state index contributed by atoms with van der Waals surface area (Å²) < 4.78 is 0. The first-order valence-corrected chi connectivity index (χ1v) is 7.72. The number of aliphatic hydroxyl groups excluding tert-OH is 1. The van der Waals surface area contributed by atoms with Crippen LogP contribution in [0.2, 0.25) is 0 Å². The third-order valence-corrected chi connectivity index (χ3v) is 4.06. The molecule has 106 valence electrons. The zero-order valence-electron chi connectivity index (χ0n) is 11.6. The van der Waals surface area contributed by atoms with Crippen LogP contribution in [0.1, 0.15) is 37.1 Å². The molecule has 1 atom stereocenters. The highest BCUT2D eigenvalue weighted by atomic mass is 32.1. The van der Waals surface area contributed by atoms with Gasteiger partial charge in [0, 0.05) is 23.0 Å². The number of aryl methyl sites for hydroxylation is 1. The van der Waals surface area contributed by atoms with Crippen molar-refractivity contribution in [2.45, 2.75) is 45.3 Å². The van der Waals surface area contributed by atoms with Crippen molar-refractivity contribution in [3.8, 4) is 0 Å². The lowest BCUT2D eigenvalue weighted by atomic mass is 9.97. The quantitative estimate of drug-likeness (QED) is 0.786. The first kappa shape index (κ1) is 14.5. The van der Waals surface area contributed by atoms with Gasteiger partial charge in [-0.25, -0.2) is 0 Å². The maximum atomic E-state index is 9.73. The lowest BCUT2D eigenvalue weighted by molar-refractivity contribution is 0.0392. The molecule has 0 radical (unpaired) electrons. The first-order chi connectivity index (χ1) is 9.16. The fraction of sp³-hybridized carbons (Fsp3) is 0.643. The molecule has 2 N–H and O–H groups in total. The Hall–Kier alpha value is -0.910. The second kappa shape index (κ2) is 7.03. The molecule has 0 aromatic carbocycles. The van der Waals surface area contributed by atoms with Crippen LogP contribution in [-0.2, 0) is 11.3 Å². The molecule has 1 aromatic rings. The third-order valence-electron chi connectivity index (χ3n) is 3.08. The Morgan fingerprint density at radius 2 is 2.32 bits per heavy atom. The van der Waals surface area contributed by atoms with Crippen LogP contribution in [0, 0.1) is 0 Å². The van der Waals surface area contributed by atoms with Gasteiger partial charge in [0.15, 0.2) is 0 Å². The summed E-state index contributed by atoms with van der Waals surface area (Å²) >= 11 is 1.78. The Morgan fingerprint density at radius 1 is 1.47 bits per heavy atom. The van der Waals surface area contributed by atoms with E-state index in [2.05, 4.69) is 21.9 Å². The standard InChI is InChI=1S/C14H22N2O2S/c1-10(2)15-8-11(17)9-18-16-13-4-3-5-14-12(13)6-7-19-14/h6-7,10-11,15,17H,3-5,8-9H2,1-2H3. The second-order valence-electron chi connectivity index (χ2n) is 5.16. The van der Waals surface area contributed by atoms with Gasteiger partial charge in [-0.05, 0) is 30.7 Å². The summed E-state index contributed by atoms with van der Waals surface area (Å²) in [6.45, 7) is 4.87. The fourth-order valence-electron chi connectivity index (χ4n) is 2.07. The highest BCUT2D eigenvalue weighted by molar-refractivity contribution is 7.10. The molecule has 0 saturated carbocycles. The molecule has 1 aliphatic rings. The van der Waals surface area contributed by atoms with Gasteiger partial charge in [-0.2, -0.15) is 0 Å². The van der Waals surface area contributed by atoms with Crippen LogP contribution in [0.25, 0.3) is 0 Å². The van der Waals surface area contributed by atoms with Gasteiger partial charge in [-0.3, -0.25) is 0 Å². The van der Waals surface area contributed by atoms with Gasteiger partial charge in [0.1, 0.15) is 12.7 Å². The average molecular weight is 282 g/mol. The van der Waals surface area contributed by atoms with Gasteiger partial charge in [0.25, 0.3) is 0 Å². The molecule has 1 unspecified atom stereocenters. The number of oxime groups is 1. The van der Waals surface area contributed by atoms with Crippen LogP contribution in [0.15, 0.2) is 16.6 Å². The van der Waals surface area contributed by atoms with Crippen LogP contribution < -0.4 is 5.32 Å². The van der Waals surface area contributed by atoms with Crippen molar-refractivity contribution in [3.05, 3.63) is 21.9 Å². The van der Waals surface area contributed by atoms with E-state index in [9.17, 15) is 5.11 Å². The molecule has 5 heteroatoms. The maximum Gasteiger partial charge on any atom is 0.144 e. The molecule has 0 fully saturated rings. The summed E-state index contributed by atoms with van der Waals surface area (Å²) in [6.07, 6.45) is 2.72. The largest absolute Gasteiger partial charge is 0.393 e. The van der Waals surface area contributed by atoms with Crippen LogP contribution in [0.3, 0.4) is 0 Å². The molecule has 1 aromatic heterocycles. The number of aliphatic hydroxyl groups is 1. The Labute approximate surface area is 118 Å².